The molecule has 0 aromatic rings. The van der Waals surface area contributed by atoms with Gasteiger partial charge in [0.25, 0.3) is 5.91 Å². The van der Waals surface area contributed by atoms with Gasteiger partial charge in [-0.2, -0.15) is 0 Å². The monoisotopic (exact) mass is 521 g/mol. The maximum atomic E-state index is 13.9. The highest BCUT2D eigenvalue weighted by molar-refractivity contribution is 6.37. The number of nitrogens with one attached hydrogen (secondary N) is 3. The second-order valence-corrected chi connectivity index (χ2v) is 13.3. The third-order valence-electron chi connectivity index (χ3n) is 8.14. The molecular weight excluding hydrogens is 478 g/mol. The fraction of sp³-hybridized carbons (Fsp3) is 0.808. The van der Waals surface area contributed by atoms with Gasteiger partial charge >= 0.3 is 6.03 Å². The van der Waals surface area contributed by atoms with Gasteiger partial charge in [0.15, 0.2) is 0 Å². The van der Waals surface area contributed by atoms with Crippen molar-refractivity contribution >= 4 is 29.5 Å². The third kappa shape index (κ3) is 6.25. The van der Waals surface area contributed by atoms with Crippen molar-refractivity contribution in [3.05, 3.63) is 0 Å². The summed E-state index contributed by atoms with van der Waals surface area (Å²) in [5.74, 6) is -2.55. The zero-order chi connectivity index (χ0) is 28.1. The summed E-state index contributed by atoms with van der Waals surface area (Å²) in [5.41, 5.74) is 3.51. The molecule has 0 spiro atoms. The number of Topliss-reactive ketones (excluding diaryl/α,β-unsaturated/α-hetero) is 1. The maximum absolute atomic E-state index is 13.9. The average molecular weight is 522 g/mol. The van der Waals surface area contributed by atoms with Gasteiger partial charge in [-0.1, -0.05) is 47.5 Å². The van der Waals surface area contributed by atoms with Crippen LogP contribution in [0.1, 0.15) is 67.7 Å². The molecule has 3 rings (SSSR count). The van der Waals surface area contributed by atoms with Crippen LogP contribution in [0.25, 0.3) is 0 Å². The van der Waals surface area contributed by atoms with E-state index in [1.54, 1.807) is 13.8 Å². The van der Waals surface area contributed by atoms with E-state index in [0.717, 1.165) is 12.8 Å². The van der Waals surface area contributed by atoms with Gasteiger partial charge in [-0.05, 0) is 48.9 Å². The van der Waals surface area contributed by atoms with Crippen molar-refractivity contribution in [3.63, 3.8) is 0 Å². The van der Waals surface area contributed by atoms with E-state index in [1.807, 2.05) is 34.6 Å². The lowest BCUT2D eigenvalue weighted by Crippen LogP contribution is -2.62. The lowest BCUT2D eigenvalue weighted by Gasteiger charge is -2.38. The number of hydrogen-bond acceptors (Lipinski definition) is 6. The van der Waals surface area contributed by atoms with Crippen molar-refractivity contribution < 1.29 is 29.1 Å². The molecule has 6 N–H and O–H groups in total. The summed E-state index contributed by atoms with van der Waals surface area (Å²) in [6.07, 6.45) is 2.20. The van der Waals surface area contributed by atoms with Gasteiger partial charge in [0.1, 0.15) is 12.1 Å². The molecular formula is C26H43N5O6. The first-order valence-corrected chi connectivity index (χ1v) is 13.0. The number of ketones is 1. The molecule has 0 bridgehead atoms. The summed E-state index contributed by atoms with van der Waals surface area (Å²) in [7, 11) is 0. The van der Waals surface area contributed by atoms with Crippen LogP contribution < -0.4 is 21.7 Å². The van der Waals surface area contributed by atoms with Crippen LogP contribution in [0.2, 0.25) is 0 Å². The number of urea groups is 1. The van der Waals surface area contributed by atoms with Crippen LogP contribution in [0.5, 0.6) is 0 Å². The smallest absolute Gasteiger partial charge is 0.315 e. The van der Waals surface area contributed by atoms with Crippen LogP contribution in [0.3, 0.4) is 0 Å². The lowest BCUT2D eigenvalue weighted by atomic mass is 9.85. The van der Waals surface area contributed by atoms with E-state index in [9.17, 15) is 29.1 Å². The maximum Gasteiger partial charge on any atom is 0.315 e. The Balaban J connectivity index is 1.83. The third-order valence-corrected chi connectivity index (χ3v) is 8.14. The minimum absolute atomic E-state index is 0.101. The number of primary amides is 1. The molecule has 3 aliphatic rings. The molecule has 0 aromatic heterocycles. The molecule has 3 fully saturated rings. The summed E-state index contributed by atoms with van der Waals surface area (Å²) in [6.45, 7) is 12.9. The molecule has 5 atom stereocenters. The standard InChI is InChI=1S/C26H43N5O6/c1-24(2,3)19(29-23(37)30-25(4,5)12-32)22(36)31-11-14-16(26(14,6)7)17(31)21(35)28-15(10-13-8-9-13)18(33)20(27)34/h13-17,19,32H,8-12H2,1-7H3,(H2,27,34)(H,28,35)(H2,29,30,37)/t14-,15?,16-,17?,19+/m0/s1. The zero-order valence-corrected chi connectivity index (χ0v) is 23.0. The van der Waals surface area contributed by atoms with Crippen molar-refractivity contribution in [2.24, 2.45) is 34.3 Å². The minimum atomic E-state index is -1.09. The number of carbonyl (C=O) groups is 5. The van der Waals surface area contributed by atoms with Crippen molar-refractivity contribution in [3.8, 4) is 0 Å². The molecule has 5 amide bonds. The first-order valence-electron chi connectivity index (χ1n) is 13.0. The number of likely N-dealkylation sites (tertiary alicyclic amines) is 1. The Morgan fingerprint density at radius 3 is 2.14 bits per heavy atom. The highest BCUT2D eigenvalue weighted by atomic mass is 16.3. The van der Waals surface area contributed by atoms with E-state index in [1.165, 1.54) is 4.90 Å². The predicted octanol–water partition coefficient (Wildman–Crippen LogP) is 0.294. The van der Waals surface area contributed by atoms with Crippen LogP contribution in [-0.2, 0) is 19.2 Å². The molecule has 208 valence electrons. The minimum Gasteiger partial charge on any atom is -0.394 e. The van der Waals surface area contributed by atoms with Crippen molar-refractivity contribution in [1.82, 2.24) is 20.9 Å². The van der Waals surface area contributed by atoms with Gasteiger partial charge in [-0.15, -0.1) is 0 Å². The van der Waals surface area contributed by atoms with Crippen LogP contribution >= 0.6 is 0 Å². The Morgan fingerprint density at radius 2 is 1.65 bits per heavy atom. The average Bonchev–Trinajstić information content (AvgIpc) is 3.62. The number of fused-ring (bicyclic) bond motifs is 1. The molecule has 37 heavy (non-hydrogen) atoms. The second kappa shape index (κ2) is 9.89. The van der Waals surface area contributed by atoms with Crippen LogP contribution in [0.4, 0.5) is 4.79 Å². The summed E-state index contributed by atoms with van der Waals surface area (Å²) in [4.78, 5) is 65.8. The molecule has 11 heteroatoms. The molecule has 0 aromatic carbocycles. The number of hydrogen-bond donors (Lipinski definition) is 5. The predicted molar refractivity (Wildman–Crippen MR) is 136 cm³/mol. The van der Waals surface area contributed by atoms with Crippen molar-refractivity contribution in [1.29, 1.82) is 0 Å². The van der Waals surface area contributed by atoms with Crippen LogP contribution in [-0.4, -0.2) is 76.4 Å². The van der Waals surface area contributed by atoms with Crippen LogP contribution in [0.15, 0.2) is 0 Å². The molecule has 1 saturated heterocycles. The number of amides is 5. The Hall–Kier alpha value is -2.69. The molecule has 2 unspecified atom stereocenters. The van der Waals surface area contributed by atoms with Crippen LogP contribution in [0, 0.1) is 28.6 Å². The first kappa shape index (κ1) is 28.9. The summed E-state index contributed by atoms with van der Waals surface area (Å²) in [5, 5.41) is 17.6. The summed E-state index contributed by atoms with van der Waals surface area (Å²) in [6, 6.07) is -3.40. The summed E-state index contributed by atoms with van der Waals surface area (Å²) < 4.78 is 0. The number of nitrogens with two attached hydrogens (primary N) is 1. The normalized spacial score (nSPS) is 25.9. The Morgan fingerprint density at radius 1 is 1.05 bits per heavy atom. The number of piperidine rings is 1. The van der Waals surface area contributed by atoms with E-state index < -0.39 is 58.6 Å². The Bertz CT molecular complexity index is 967. The lowest BCUT2D eigenvalue weighted by molar-refractivity contribution is -0.145. The first-order chi connectivity index (χ1) is 16.9. The number of aliphatic hydroxyl groups is 1. The van der Waals surface area contributed by atoms with Gasteiger partial charge < -0.3 is 31.7 Å². The summed E-state index contributed by atoms with van der Waals surface area (Å²) >= 11 is 0. The molecule has 1 aliphatic heterocycles. The van der Waals surface area contributed by atoms with Crippen molar-refractivity contribution in [2.45, 2.75) is 91.4 Å². The topological polar surface area (TPSA) is 171 Å². The van der Waals surface area contributed by atoms with E-state index in [0.29, 0.717) is 13.0 Å². The fourth-order valence-electron chi connectivity index (χ4n) is 5.49. The molecule has 1 heterocycles. The quantitative estimate of drug-likeness (QED) is 0.259. The Kier molecular flexibility index (Phi) is 7.71. The number of aliphatic hydroxyl groups excluding tert-OH is 1. The molecule has 11 nitrogen and oxygen atoms in total. The van der Waals surface area contributed by atoms with Crippen molar-refractivity contribution in [2.75, 3.05) is 13.2 Å². The second-order valence-electron chi connectivity index (χ2n) is 13.3. The zero-order valence-electron chi connectivity index (χ0n) is 23.0. The van der Waals surface area contributed by atoms with Gasteiger partial charge in [0.05, 0.1) is 18.2 Å². The molecule has 2 saturated carbocycles. The van der Waals surface area contributed by atoms with Gasteiger partial charge in [0.2, 0.25) is 17.6 Å². The highest BCUT2D eigenvalue weighted by Gasteiger charge is 2.70. The molecule has 2 aliphatic carbocycles. The number of nitrogens with zero attached hydrogens (tertiary/aromatic N) is 1. The highest BCUT2D eigenvalue weighted by Crippen LogP contribution is 2.65. The molecule has 0 radical (unpaired) electrons. The Labute approximate surface area is 218 Å². The van der Waals surface area contributed by atoms with E-state index >= 15 is 0 Å². The van der Waals surface area contributed by atoms with Gasteiger partial charge in [0, 0.05) is 6.54 Å². The van der Waals surface area contributed by atoms with E-state index in [4.69, 9.17) is 5.73 Å². The van der Waals surface area contributed by atoms with E-state index in [2.05, 4.69) is 16.0 Å². The number of rotatable bonds is 10. The van der Waals surface area contributed by atoms with E-state index in [-0.39, 0.29) is 29.8 Å². The fourth-order valence-corrected chi connectivity index (χ4v) is 5.49. The van der Waals surface area contributed by atoms with Gasteiger partial charge in [-0.25, -0.2) is 4.79 Å². The largest absolute Gasteiger partial charge is 0.394 e. The number of carbonyl (C=O) groups excluding carboxylic acids is 5. The SMILES string of the molecule is CC(C)(CO)NC(=O)N[C@H](C(=O)N1C[C@H]2[C@@H](C1C(=O)NC(CC1CC1)C(=O)C(N)=O)C2(C)C)C(C)(C)C. The van der Waals surface area contributed by atoms with Gasteiger partial charge in [-0.3, -0.25) is 19.2 Å².